The van der Waals surface area contributed by atoms with E-state index in [0.717, 1.165) is 17.0 Å². The Labute approximate surface area is 198 Å². The average Bonchev–Trinajstić information content (AvgIpc) is 3.40. The van der Waals surface area contributed by atoms with Gasteiger partial charge in [0.15, 0.2) is 0 Å². The first-order chi connectivity index (χ1) is 16.6. The fraction of sp³-hybridized carbons (Fsp3) is 0.200. The summed E-state index contributed by atoms with van der Waals surface area (Å²) in [6.07, 6.45) is 0. The van der Waals surface area contributed by atoms with Crippen LogP contribution < -0.4 is 9.64 Å². The molecule has 0 amide bonds. The molecule has 9 heteroatoms. The number of hydrogen-bond donors (Lipinski definition) is 0. The van der Waals surface area contributed by atoms with Crippen LogP contribution in [-0.4, -0.2) is 56.2 Å². The zero-order valence-electron chi connectivity index (χ0n) is 18.7. The van der Waals surface area contributed by atoms with Crippen LogP contribution in [0.4, 0.5) is 5.69 Å². The first-order valence-electron chi connectivity index (χ1n) is 10.9. The standard InChI is InChI=1S/C25H24N4O4S/c1-32-22-13-7-6-12-21(22)28-15-17-29(18-16-28)34(30,31)23-14-8-5-11-20(23)25-26-24(27-33-25)19-9-3-2-4-10-19/h2-14H,15-18H2,1H3. The third-order valence-corrected chi connectivity index (χ3v) is 7.81. The van der Waals surface area contributed by atoms with Gasteiger partial charge in [-0.2, -0.15) is 9.29 Å². The van der Waals surface area contributed by atoms with Crippen molar-refractivity contribution in [2.75, 3.05) is 38.2 Å². The summed E-state index contributed by atoms with van der Waals surface area (Å²) in [6.45, 7) is 1.82. The highest BCUT2D eigenvalue weighted by Gasteiger charge is 2.32. The van der Waals surface area contributed by atoms with Crippen molar-refractivity contribution in [1.82, 2.24) is 14.4 Å². The third kappa shape index (κ3) is 4.15. The zero-order valence-corrected chi connectivity index (χ0v) is 19.5. The van der Waals surface area contributed by atoms with E-state index in [1.54, 1.807) is 31.4 Å². The summed E-state index contributed by atoms with van der Waals surface area (Å²) in [5.41, 5.74) is 2.15. The molecule has 0 radical (unpaired) electrons. The Hall–Kier alpha value is -3.69. The van der Waals surface area contributed by atoms with Crippen LogP contribution >= 0.6 is 0 Å². The lowest BCUT2D eigenvalue weighted by Gasteiger charge is -2.36. The predicted octanol–water partition coefficient (Wildman–Crippen LogP) is 3.92. The Morgan fingerprint density at radius 1 is 0.853 bits per heavy atom. The molecule has 1 fully saturated rings. The van der Waals surface area contributed by atoms with Crippen molar-refractivity contribution in [3.05, 3.63) is 78.9 Å². The van der Waals surface area contributed by atoms with Crippen LogP contribution in [-0.2, 0) is 10.0 Å². The van der Waals surface area contributed by atoms with Crippen molar-refractivity contribution in [3.63, 3.8) is 0 Å². The molecule has 4 aromatic rings. The van der Waals surface area contributed by atoms with Gasteiger partial charge in [-0.3, -0.25) is 0 Å². The largest absolute Gasteiger partial charge is 0.495 e. The van der Waals surface area contributed by atoms with Crippen LogP contribution in [0.25, 0.3) is 22.8 Å². The van der Waals surface area contributed by atoms with E-state index in [9.17, 15) is 8.42 Å². The number of anilines is 1. The van der Waals surface area contributed by atoms with Crippen LogP contribution in [0.1, 0.15) is 0 Å². The molecule has 0 atom stereocenters. The molecule has 0 spiro atoms. The zero-order chi connectivity index (χ0) is 23.5. The van der Waals surface area contributed by atoms with Gasteiger partial charge < -0.3 is 14.2 Å². The average molecular weight is 477 g/mol. The number of ether oxygens (including phenoxy) is 1. The van der Waals surface area contributed by atoms with Crippen molar-refractivity contribution in [1.29, 1.82) is 0 Å². The number of sulfonamides is 1. The lowest BCUT2D eigenvalue weighted by molar-refractivity contribution is 0.378. The van der Waals surface area contributed by atoms with Crippen molar-refractivity contribution in [2.45, 2.75) is 4.90 Å². The molecular weight excluding hydrogens is 452 g/mol. The van der Waals surface area contributed by atoms with Gasteiger partial charge in [0.25, 0.3) is 5.89 Å². The van der Waals surface area contributed by atoms with Crippen molar-refractivity contribution in [2.24, 2.45) is 0 Å². The van der Waals surface area contributed by atoms with Crippen molar-refractivity contribution in [3.8, 4) is 28.6 Å². The van der Waals surface area contributed by atoms with Gasteiger partial charge in [-0.1, -0.05) is 59.8 Å². The molecule has 1 aliphatic heterocycles. The number of benzene rings is 3. The number of nitrogens with zero attached hydrogens (tertiary/aromatic N) is 4. The number of methoxy groups -OCH3 is 1. The van der Waals surface area contributed by atoms with Gasteiger partial charge in [-0.15, -0.1) is 0 Å². The highest BCUT2D eigenvalue weighted by Crippen LogP contribution is 2.32. The SMILES string of the molecule is COc1ccccc1N1CCN(S(=O)(=O)c2ccccc2-c2nc(-c3ccccc3)no2)CC1. The first kappa shape index (κ1) is 22.1. The van der Waals surface area contributed by atoms with Gasteiger partial charge in [0.2, 0.25) is 15.8 Å². The van der Waals surface area contributed by atoms with E-state index in [0.29, 0.717) is 37.6 Å². The maximum atomic E-state index is 13.6. The fourth-order valence-corrected chi connectivity index (χ4v) is 5.71. The summed E-state index contributed by atoms with van der Waals surface area (Å²) in [6, 6.07) is 23.9. The molecule has 3 aromatic carbocycles. The lowest BCUT2D eigenvalue weighted by Crippen LogP contribution is -2.48. The minimum absolute atomic E-state index is 0.156. The van der Waals surface area contributed by atoms with Crippen molar-refractivity contribution >= 4 is 15.7 Å². The van der Waals surface area contributed by atoms with Crippen LogP contribution in [0, 0.1) is 0 Å². The summed E-state index contributed by atoms with van der Waals surface area (Å²) in [5.74, 6) is 1.36. The van der Waals surface area contributed by atoms with Crippen molar-refractivity contribution < 1.29 is 17.7 Å². The van der Waals surface area contributed by atoms with Crippen LogP contribution in [0.5, 0.6) is 5.75 Å². The highest BCUT2D eigenvalue weighted by atomic mass is 32.2. The van der Waals surface area contributed by atoms with E-state index in [4.69, 9.17) is 9.26 Å². The normalized spacial score (nSPS) is 14.8. The van der Waals surface area contributed by atoms with E-state index < -0.39 is 10.0 Å². The summed E-state index contributed by atoms with van der Waals surface area (Å²) < 4.78 is 39.7. The summed E-state index contributed by atoms with van der Waals surface area (Å²) in [5, 5.41) is 4.05. The van der Waals surface area contributed by atoms with Crippen LogP contribution in [0.3, 0.4) is 0 Å². The Kier molecular flexibility index (Phi) is 6.04. The third-order valence-electron chi connectivity index (χ3n) is 5.86. The molecule has 0 saturated carbocycles. The van der Waals surface area contributed by atoms with E-state index in [1.165, 1.54) is 4.31 Å². The number of para-hydroxylation sites is 2. The van der Waals surface area contributed by atoms with Gasteiger partial charge in [-0.05, 0) is 24.3 Å². The number of aromatic nitrogens is 2. The topological polar surface area (TPSA) is 88.8 Å². The maximum Gasteiger partial charge on any atom is 0.259 e. The molecule has 0 bridgehead atoms. The second kappa shape index (κ2) is 9.28. The second-order valence-corrected chi connectivity index (χ2v) is 9.75. The van der Waals surface area contributed by atoms with Gasteiger partial charge in [0, 0.05) is 31.7 Å². The van der Waals surface area contributed by atoms with Gasteiger partial charge in [-0.25, -0.2) is 8.42 Å². The van der Waals surface area contributed by atoms with E-state index >= 15 is 0 Å². The second-order valence-electron chi connectivity index (χ2n) is 7.85. The highest BCUT2D eigenvalue weighted by molar-refractivity contribution is 7.89. The van der Waals surface area contributed by atoms with Crippen LogP contribution in [0.15, 0.2) is 88.3 Å². The molecule has 1 saturated heterocycles. The molecule has 1 aliphatic rings. The number of rotatable bonds is 6. The molecular formula is C25H24N4O4S. The summed E-state index contributed by atoms with van der Waals surface area (Å²) >= 11 is 0. The first-order valence-corrected chi connectivity index (χ1v) is 12.4. The summed E-state index contributed by atoms with van der Waals surface area (Å²) in [7, 11) is -2.13. The maximum absolute atomic E-state index is 13.6. The Balaban J connectivity index is 1.39. The molecule has 0 aliphatic carbocycles. The molecule has 8 nitrogen and oxygen atoms in total. The van der Waals surface area contributed by atoms with Crippen LogP contribution in [0.2, 0.25) is 0 Å². The molecule has 0 unspecified atom stereocenters. The minimum atomic E-state index is -3.77. The van der Waals surface area contributed by atoms with E-state index in [2.05, 4.69) is 15.0 Å². The number of piperazine rings is 1. The smallest absolute Gasteiger partial charge is 0.259 e. The van der Waals surface area contributed by atoms with Gasteiger partial charge in [0.05, 0.1) is 23.3 Å². The molecule has 1 aromatic heterocycles. The fourth-order valence-electron chi connectivity index (χ4n) is 4.11. The Morgan fingerprint density at radius 3 is 2.29 bits per heavy atom. The van der Waals surface area contributed by atoms with E-state index in [-0.39, 0.29) is 10.8 Å². The molecule has 2 heterocycles. The number of hydrogen-bond acceptors (Lipinski definition) is 7. The molecule has 5 rings (SSSR count). The van der Waals surface area contributed by atoms with Gasteiger partial charge >= 0.3 is 0 Å². The molecule has 34 heavy (non-hydrogen) atoms. The van der Waals surface area contributed by atoms with E-state index in [1.807, 2.05) is 54.6 Å². The molecule has 174 valence electrons. The van der Waals surface area contributed by atoms with Gasteiger partial charge in [0.1, 0.15) is 5.75 Å². The quantitative estimate of drug-likeness (QED) is 0.417. The predicted molar refractivity (Wildman–Crippen MR) is 129 cm³/mol. The summed E-state index contributed by atoms with van der Waals surface area (Å²) in [4.78, 5) is 6.75. The molecule has 0 N–H and O–H groups in total. The lowest BCUT2D eigenvalue weighted by atomic mass is 10.2. The Bertz CT molecular complexity index is 1380. The minimum Gasteiger partial charge on any atom is -0.495 e. The monoisotopic (exact) mass is 476 g/mol. The Morgan fingerprint density at radius 2 is 1.53 bits per heavy atom.